The number of rotatable bonds is 6. The molecule has 0 unspecified atom stereocenters. The van der Waals surface area contributed by atoms with Crippen molar-refractivity contribution in [3.63, 3.8) is 0 Å². The largest absolute Gasteiger partial charge is 0.447 e. The van der Waals surface area contributed by atoms with E-state index in [9.17, 15) is 8.42 Å². The minimum absolute atomic E-state index is 0.0468. The third kappa shape index (κ3) is 3.42. The van der Waals surface area contributed by atoms with E-state index in [1.807, 2.05) is 0 Å². The van der Waals surface area contributed by atoms with Crippen LogP contribution in [-0.4, -0.2) is 32.4 Å². The molecule has 2 heterocycles. The second kappa shape index (κ2) is 5.87. The molecule has 1 saturated heterocycles. The molecule has 0 aromatic carbocycles. The van der Waals surface area contributed by atoms with Crippen molar-refractivity contribution in [2.24, 2.45) is 5.41 Å². The molecular weight excluding hydrogens is 276 g/mol. The van der Waals surface area contributed by atoms with E-state index >= 15 is 0 Å². The zero-order valence-electron chi connectivity index (χ0n) is 12.5. The van der Waals surface area contributed by atoms with Gasteiger partial charge in [-0.05, 0) is 36.9 Å². The number of furan rings is 1. The Labute approximate surface area is 121 Å². The number of nitrogens with zero attached hydrogens (tertiary/aromatic N) is 1. The highest BCUT2D eigenvalue weighted by Gasteiger charge is 2.38. The van der Waals surface area contributed by atoms with Gasteiger partial charge in [-0.3, -0.25) is 0 Å². The maximum absolute atomic E-state index is 12.5. The summed E-state index contributed by atoms with van der Waals surface area (Å²) in [7, 11) is -3.48. The van der Waals surface area contributed by atoms with Gasteiger partial charge in [0.2, 0.25) is 5.09 Å². The van der Waals surface area contributed by atoms with Gasteiger partial charge in [0, 0.05) is 13.1 Å². The van der Waals surface area contributed by atoms with Crippen LogP contribution in [0.15, 0.2) is 21.6 Å². The predicted molar refractivity (Wildman–Crippen MR) is 77.9 cm³/mol. The highest BCUT2D eigenvalue weighted by atomic mass is 32.2. The molecule has 1 fully saturated rings. The van der Waals surface area contributed by atoms with Gasteiger partial charge in [0.1, 0.15) is 5.76 Å². The third-order valence-corrected chi connectivity index (χ3v) is 5.32. The molecule has 0 aliphatic carbocycles. The molecule has 1 N–H and O–H groups in total. The monoisotopic (exact) mass is 300 g/mol. The van der Waals surface area contributed by atoms with Gasteiger partial charge in [-0.25, -0.2) is 8.42 Å². The summed E-state index contributed by atoms with van der Waals surface area (Å²) in [5.41, 5.74) is 0.0468. The molecule has 1 aromatic heterocycles. The van der Waals surface area contributed by atoms with Gasteiger partial charge in [0.05, 0.1) is 6.54 Å². The van der Waals surface area contributed by atoms with E-state index in [2.05, 4.69) is 26.1 Å². The molecule has 1 aliphatic rings. The van der Waals surface area contributed by atoms with Crippen molar-refractivity contribution in [2.75, 3.05) is 19.6 Å². The zero-order valence-corrected chi connectivity index (χ0v) is 13.3. The van der Waals surface area contributed by atoms with Gasteiger partial charge < -0.3 is 9.73 Å². The van der Waals surface area contributed by atoms with E-state index in [4.69, 9.17) is 4.42 Å². The van der Waals surface area contributed by atoms with E-state index in [1.54, 1.807) is 12.1 Å². The van der Waals surface area contributed by atoms with Gasteiger partial charge >= 0.3 is 0 Å². The lowest BCUT2D eigenvalue weighted by molar-refractivity contribution is 0.356. The van der Waals surface area contributed by atoms with Gasteiger partial charge in [0.25, 0.3) is 10.0 Å². The van der Waals surface area contributed by atoms with Crippen LogP contribution < -0.4 is 5.32 Å². The second-order valence-electron chi connectivity index (χ2n) is 6.15. The summed E-state index contributed by atoms with van der Waals surface area (Å²) in [4.78, 5) is 0. The second-order valence-corrected chi connectivity index (χ2v) is 8.02. The van der Waals surface area contributed by atoms with Crippen LogP contribution in [0.5, 0.6) is 0 Å². The van der Waals surface area contributed by atoms with Gasteiger partial charge in [-0.15, -0.1) is 0 Å². The molecule has 0 spiro atoms. The van der Waals surface area contributed by atoms with Gasteiger partial charge in [-0.2, -0.15) is 4.31 Å². The maximum Gasteiger partial charge on any atom is 0.276 e. The lowest BCUT2D eigenvalue weighted by Crippen LogP contribution is -2.30. The van der Waals surface area contributed by atoms with Crippen molar-refractivity contribution in [2.45, 2.75) is 45.2 Å². The molecule has 1 aromatic rings. The fraction of sp³-hybridized carbons (Fsp3) is 0.714. The molecule has 0 amide bonds. The Bertz CT molecular complexity index is 549. The Balaban J connectivity index is 2.07. The summed E-state index contributed by atoms with van der Waals surface area (Å²) in [6.45, 7) is 8.84. The van der Waals surface area contributed by atoms with Crippen LogP contribution in [0.25, 0.3) is 0 Å². The standard InChI is InChI=1S/C14H24N2O3S/c1-4-8-15-10-12-5-6-13(19-12)20(17,18)16-9-7-14(2,3)11-16/h5-6,15H,4,7-11H2,1-3H3. The van der Waals surface area contributed by atoms with E-state index in [1.165, 1.54) is 4.31 Å². The first-order valence-corrected chi connectivity index (χ1v) is 8.59. The smallest absolute Gasteiger partial charge is 0.276 e. The summed E-state index contributed by atoms with van der Waals surface area (Å²) in [5.74, 6) is 0.662. The summed E-state index contributed by atoms with van der Waals surface area (Å²) in [6, 6.07) is 3.29. The quantitative estimate of drug-likeness (QED) is 0.818. The number of nitrogens with one attached hydrogen (secondary N) is 1. The Morgan fingerprint density at radius 2 is 2.15 bits per heavy atom. The van der Waals surface area contributed by atoms with Crippen molar-refractivity contribution >= 4 is 10.0 Å². The molecule has 1 aliphatic heterocycles. The van der Waals surface area contributed by atoms with Crippen LogP contribution in [0.3, 0.4) is 0 Å². The molecule has 6 heteroatoms. The topological polar surface area (TPSA) is 62.6 Å². The average molecular weight is 300 g/mol. The first kappa shape index (κ1) is 15.5. The molecule has 2 rings (SSSR count). The summed E-state index contributed by atoms with van der Waals surface area (Å²) in [6.07, 6.45) is 1.92. The van der Waals surface area contributed by atoms with Crippen LogP contribution in [0.2, 0.25) is 0 Å². The Hall–Kier alpha value is -0.850. The first-order valence-electron chi connectivity index (χ1n) is 7.15. The molecule has 20 heavy (non-hydrogen) atoms. The molecule has 0 bridgehead atoms. The van der Waals surface area contributed by atoms with E-state index in [0.717, 1.165) is 19.4 Å². The van der Waals surface area contributed by atoms with Crippen molar-refractivity contribution < 1.29 is 12.8 Å². The van der Waals surface area contributed by atoms with Crippen molar-refractivity contribution in [1.82, 2.24) is 9.62 Å². The summed E-state index contributed by atoms with van der Waals surface area (Å²) in [5, 5.41) is 3.26. The summed E-state index contributed by atoms with van der Waals surface area (Å²) < 4.78 is 32.0. The number of hydrogen-bond acceptors (Lipinski definition) is 4. The SMILES string of the molecule is CCCNCc1ccc(S(=O)(=O)N2CCC(C)(C)C2)o1. The highest BCUT2D eigenvalue weighted by Crippen LogP contribution is 2.33. The lowest BCUT2D eigenvalue weighted by Gasteiger charge is -2.18. The first-order chi connectivity index (χ1) is 9.35. The van der Waals surface area contributed by atoms with Crippen LogP contribution in [-0.2, 0) is 16.6 Å². The van der Waals surface area contributed by atoms with Crippen molar-refractivity contribution in [3.05, 3.63) is 17.9 Å². The number of sulfonamides is 1. The van der Waals surface area contributed by atoms with E-state index in [0.29, 0.717) is 25.4 Å². The number of hydrogen-bond donors (Lipinski definition) is 1. The Morgan fingerprint density at radius 1 is 1.40 bits per heavy atom. The van der Waals surface area contributed by atoms with Crippen LogP contribution in [0.4, 0.5) is 0 Å². The zero-order chi connectivity index (χ0) is 14.8. The fourth-order valence-corrected chi connectivity index (χ4v) is 3.93. The Kier molecular flexibility index (Phi) is 4.56. The van der Waals surface area contributed by atoms with Gasteiger partial charge in [0.15, 0.2) is 0 Å². The predicted octanol–water partition coefficient (Wildman–Crippen LogP) is 2.20. The fourth-order valence-electron chi connectivity index (χ4n) is 2.38. The summed E-state index contributed by atoms with van der Waals surface area (Å²) >= 11 is 0. The van der Waals surface area contributed by atoms with Crippen LogP contribution >= 0.6 is 0 Å². The van der Waals surface area contributed by atoms with Crippen molar-refractivity contribution in [1.29, 1.82) is 0 Å². The molecular formula is C14H24N2O3S. The average Bonchev–Trinajstić information content (AvgIpc) is 2.97. The lowest BCUT2D eigenvalue weighted by atomic mass is 9.93. The van der Waals surface area contributed by atoms with E-state index < -0.39 is 10.0 Å². The third-order valence-electron chi connectivity index (χ3n) is 3.60. The minimum atomic E-state index is -3.48. The highest BCUT2D eigenvalue weighted by molar-refractivity contribution is 7.89. The van der Waals surface area contributed by atoms with E-state index in [-0.39, 0.29) is 10.5 Å². The van der Waals surface area contributed by atoms with Crippen LogP contribution in [0, 0.1) is 5.41 Å². The normalized spacial score (nSPS) is 19.6. The van der Waals surface area contributed by atoms with Crippen molar-refractivity contribution in [3.8, 4) is 0 Å². The molecule has 0 atom stereocenters. The minimum Gasteiger partial charge on any atom is -0.447 e. The molecule has 0 radical (unpaired) electrons. The van der Waals surface area contributed by atoms with Gasteiger partial charge in [-0.1, -0.05) is 20.8 Å². The molecule has 5 nitrogen and oxygen atoms in total. The maximum atomic E-state index is 12.5. The molecule has 0 saturated carbocycles. The Morgan fingerprint density at radius 3 is 2.75 bits per heavy atom. The molecule has 114 valence electrons. The van der Waals surface area contributed by atoms with Crippen LogP contribution in [0.1, 0.15) is 39.4 Å².